The Kier molecular flexibility index (Phi) is 9.21. The molecule has 202 valence electrons. The molecule has 6 heteroatoms. The van der Waals surface area contributed by atoms with E-state index in [9.17, 15) is 14.7 Å². The number of aliphatic hydroxyl groups excluding tert-OH is 1. The van der Waals surface area contributed by atoms with Crippen molar-refractivity contribution in [2.75, 3.05) is 6.54 Å². The Bertz CT molecular complexity index is 1350. The molecule has 3 aromatic carbocycles. The number of carboxylic acid groups (broad SMARTS) is 1. The van der Waals surface area contributed by atoms with Crippen LogP contribution >= 0.6 is 0 Å². The highest BCUT2D eigenvalue weighted by Gasteiger charge is 2.31. The molecule has 1 amide bonds. The normalized spacial score (nSPS) is 12.2. The van der Waals surface area contributed by atoms with Crippen LogP contribution < -0.4 is 10.1 Å². The maximum absolute atomic E-state index is 12.3. The smallest absolute Gasteiger partial charge is 0.322 e. The van der Waals surface area contributed by atoms with Gasteiger partial charge in [0.15, 0.2) is 6.10 Å². The summed E-state index contributed by atoms with van der Waals surface area (Å²) in [7, 11) is 0. The standard InChI is InChI=1S/C32H39NO5/c1-7-27(30(36)20(4)5)38-28-15-14-25(16-21(28)6)32(8-2,9-3)26-13-12-22-17-24(11-10-23(22)18-26)31(37)33-19-29(34)35/h10-18,27,36H,7-9,19H2,1-6H3,(H,33,37)(H,34,35). The van der Waals surface area contributed by atoms with E-state index >= 15 is 0 Å². The minimum Gasteiger partial charge on any atom is -0.508 e. The summed E-state index contributed by atoms with van der Waals surface area (Å²) in [5.74, 6) is -0.436. The average Bonchev–Trinajstić information content (AvgIpc) is 2.91. The minimum atomic E-state index is -1.08. The van der Waals surface area contributed by atoms with Crippen molar-refractivity contribution >= 4 is 22.6 Å². The van der Waals surface area contributed by atoms with Gasteiger partial charge in [-0.05, 0) is 91.3 Å². The quantitative estimate of drug-likeness (QED) is 0.236. The SMILES string of the molecule is CCC(Oc1ccc(C(CC)(CC)c2ccc3cc(C(=O)NCC(=O)O)ccc3c2)cc1C)C(O)=C(C)C. The maximum Gasteiger partial charge on any atom is 0.322 e. The molecule has 3 aromatic rings. The number of hydrogen-bond acceptors (Lipinski definition) is 4. The molecule has 0 aliphatic heterocycles. The van der Waals surface area contributed by atoms with Crippen molar-refractivity contribution < 1.29 is 24.5 Å². The Morgan fingerprint density at radius 3 is 2.08 bits per heavy atom. The van der Waals surface area contributed by atoms with Crippen molar-refractivity contribution in [3.8, 4) is 5.75 Å². The number of rotatable bonds is 11. The zero-order valence-corrected chi connectivity index (χ0v) is 23.2. The fourth-order valence-corrected chi connectivity index (χ4v) is 5.06. The van der Waals surface area contributed by atoms with Gasteiger partial charge in [-0.2, -0.15) is 0 Å². The van der Waals surface area contributed by atoms with E-state index in [4.69, 9.17) is 9.84 Å². The van der Waals surface area contributed by atoms with Crippen LogP contribution in [0.15, 0.2) is 65.9 Å². The monoisotopic (exact) mass is 517 g/mol. The molecule has 0 fully saturated rings. The molecule has 3 rings (SSSR count). The number of carboxylic acids is 1. The molecule has 38 heavy (non-hydrogen) atoms. The minimum absolute atomic E-state index is 0.207. The highest BCUT2D eigenvalue weighted by atomic mass is 16.5. The molecule has 1 unspecified atom stereocenters. The van der Waals surface area contributed by atoms with E-state index in [0.29, 0.717) is 12.0 Å². The van der Waals surface area contributed by atoms with Gasteiger partial charge in [-0.3, -0.25) is 9.59 Å². The van der Waals surface area contributed by atoms with Crippen molar-refractivity contribution in [3.63, 3.8) is 0 Å². The molecule has 6 nitrogen and oxygen atoms in total. The molecule has 0 heterocycles. The highest BCUT2D eigenvalue weighted by Crippen LogP contribution is 2.41. The first kappa shape index (κ1) is 28.8. The second-order valence-corrected chi connectivity index (χ2v) is 10.0. The molecule has 0 aliphatic rings. The topological polar surface area (TPSA) is 95.9 Å². The lowest BCUT2D eigenvalue weighted by Crippen LogP contribution is -2.29. The number of nitrogens with one attached hydrogen (secondary N) is 1. The summed E-state index contributed by atoms with van der Waals surface area (Å²) < 4.78 is 6.20. The van der Waals surface area contributed by atoms with E-state index in [-0.39, 0.29) is 17.3 Å². The van der Waals surface area contributed by atoms with E-state index in [1.165, 1.54) is 11.1 Å². The van der Waals surface area contributed by atoms with Gasteiger partial charge in [0, 0.05) is 11.0 Å². The van der Waals surface area contributed by atoms with Gasteiger partial charge in [0.05, 0.1) is 0 Å². The van der Waals surface area contributed by atoms with Gasteiger partial charge in [-0.25, -0.2) is 0 Å². The van der Waals surface area contributed by atoms with Crippen LogP contribution in [0.3, 0.4) is 0 Å². The Morgan fingerprint density at radius 2 is 1.50 bits per heavy atom. The fraction of sp³-hybridized carbons (Fsp3) is 0.375. The number of allylic oxidation sites excluding steroid dienone is 1. The number of carbonyl (C=O) groups is 2. The van der Waals surface area contributed by atoms with Crippen LogP contribution in [0.1, 0.15) is 80.9 Å². The first-order valence-electron chi connectivity index (χ1n) is 13.2. The van der Waals surface area contributed by atoms with E-state index in [1.807, 2.05) is 45.9 Å². The maximum atomic E-state index is 12.3. The van der Waals surface area contributed by atoms with Gasteiger partial charge >= 0.3 is 5.97 Å². The lowest BCUT2D eigenvalue weighted by molar-refractivity contribution is -0.135. The highest BCUT2D eigenvalue weighted by molar-refractivity contribution is 5.99. The summed E-state index contributed by atoms with van der Waals surface area (Å²) in [5.41, 5.74) is 4.49. The van der Waals surface area contributed by atoms with Gasteiger partial charge in [-0.1, -0.05) is 57.2 Å². The molecule has 0 saturated carbocycles. The van der Waals surface area contributed by atoms with Crippen LogP contribution in [-0.4, -0.2) is 34.7 Å². The van der Waals surface area contributed by atoms with Crippen molar-refractivity contribution in [2.45, 2.75) is 72.3 Å². The Labute approximate surface area is 225 Å². The van der Waals surface area contributed by atoms with Gasteiger partial charge in [0.2, 0.25) is 0 Å². The number of carbonyl (C=O) groups excluding carboxylic acids is 1. The molecule has 0 saturated heterocycles. The third-order valence-electron chi connectivity index (χ3n) is 7.45. The van der Waals surface area contributed by atoms with E-state index in [2.05, 4.69) is 43.4 Å². The average molecular weight is 518 g/mol. The third kappa shape index (κ3) is 6.01. The predicted octanol–water partition coefficient (Wildman–Crippen LogP) is 7.08. The molecule has 1 atom stereocenters. The van der Waals surface area contributed by atoms with E-state index < -0.39 is 18.4 Å². The Hall–Kier alpha value is -3.80. The molecule has 0 bridgehead atoms. The van der Waals surface area contributed by atoms with Crippen molar-refractivity contribution in [3.05, 3.63) is 88.2 Å². The second-order valence-electron chi connectivity index (χ2n) is 10.0. The van der Waals surface area contributed by atoms with Crippen LogP contribution in [-0.2, 0) is 10.2 Å². The van der Waals surface area contributed by atoms with Crippen LogP contribution in [0.25, 0.3) is 10.8 Å². The molecular formula is C32H39NO5. The summed E-state index contributed by atoms with van der Waals surface area (Å²) in [5, 5.41) is 23.6. The number of amides is 1. The fourth-order valence-electron chi connectivity index (χ4n) is 5.06. The number of aliphatic carboxylic acids is 1. The summed E-state index contributed by atoms with van der Waals surface area (Å²) >= 11 is 0. The number of aliphatic hydroxyl groups is 1. The van der Waals surface area contributed by atoms with E-state index in [0.717, 1.165) is 40.5 Å². The van der Waals surface area contributed by atoms with Gasteiger partial charge in [0.1, 0.15) is 18.1 Å². The molecule has 0 spiro atoms. The van der Waals surface area contributed by atoms with Crippen LogP contribution in [0.2, 0.25) is 0 Å². The van der Waals surface area contributed by atoms with Gasteiger partial charge in [0.25, 0.3) is 5.91 Å². The van der Waals surface area contributed by atoms with Crippen molar-refractivity contribution in [2.24, 2.45) is 0 Å². The zero-order chi connectivity index (χ0) is 28.0. The van der Waals surface area contributed by atoms with Crippen LogP contribution in [0.5, 0.6) is 5.75 Å². The first-order chi connectivity index (χ1) is 18.1. The summed E-state index contributed by atoms with van der Waals surface area (Å²) in [6.45, 7) is 11.8. The van der Waals surface area contributed by atoms with E-state index in [1.54, 1.807) is 12.1 Å². The number of fused-ring (bicyclic) bond motifs is 1. The molecule has 0 aromatic heterocycles. The third-order valence-corrected chi connectivity index (χ3v) is 7.45. The lowest BCUT2D eigenvalue weighted by Gasteiger charge is -2.34. The largest absolute Gasteiger partial charge is 0.508 e. The summed E-state index contributed by atoms with van der Waals surface area (Å²) in [6.07, 6.45) is 2.11. The lowest BCUT2D eigenvalue weighted by atomic mass is 9.70. The van der Waals surface area contributed by atoms with Gasteiger partial charge < -0.3 is 20.3 Å². The first-order valence-corrected chi connectivity index (χ1v) is 13.2. The van der Waals surface area contributed by atoms with Crippen LogP contribution in [0.4, 0.5) is 0 Å². The predicted molar refractivity (Wildman–Crippen MR) is 152 cm³/mol. The summed E-state index contributed by atoms with van der Waals surface area (Å²) in [6, 6.07) is 18.1. The number of benzene rings is 3. The Morgan fingerprint density at radius 1 is 0.895 bits per heavy atom. The van der Waals surface area contributed by atoms with Crippen molar-refractivity contribution in [1.29, 1.82) is 0 Å². The molecular weight excluding hydrogens is 478 g/mol. The zero-order valence-electron chi connectivity index (χ0n) is 23.2. The number of hydrogen-bond donors (Lipinski definition) is 3. The number of ether oxygens (including phenoxy) is 1. The Balaban J connectivity index is 1.96. The second kappa shape index (κ2) is 12.2. The molecule has 3 N–H and O–H groups in total. The summed E-state index contributed by atoms with van der Waals surface area (Å²) in [4.78, 5) is 23.1. The van der Waals surface area contributed by atoms with Crippen LogP contribution in [0, 0.1) is 6.92 Å². The molecule has 0 radical (unpaired) electrons. The number of aryl methyl sites for hydroxylation is 1. The van der Waals surface area contributed by atoms with Gasteiger partial charge in [-0.15, -0.1) is 0 Å². The van der Waals surface area contributed by atoms with Crippen molar-refractivity contribution in [1.82, 2.24) is 5.32 Å². The molecule has 0 aliphatic carbocycles.